The van der Waals surface area contributed by atoms with E-state index >= 15 is 0 Å². The minimum atomic E-state index is -1.02. The highest BCUT2D eigenvalue weighted by molar-refractivity contribution is 5.82. The van der Waals surface area contributed by atoms with E-state index in [4.69, 9.17) is 15.1 Å². The molecule has 0 aliphatic rings. The Morgan fingerprint density at radius 1 is 1.16 bits per heavy atom. The van der Waals surface area contributed by atoms with Gasteiger partial charge in [-0.3, -0.25) is 9.59 Å². The molecule has 0 aromatic heterocycles. The monoisotopic (exact) mass is 338 g/mol. The summed E-state index contributed by atoms with van der Waals surface area (Å²) in [6, 6.07) is 16.8. The number of carboxylic acids is 1. The highest BCUT2D eigenvalue weighted by atomic mass is 16.5. The van der Waals surface area contributed by atoms with E-state index in [9.17, 15) is 9.59 Å². The molecule has 1 amide bonds. The molecular weight excluding hydrogens is 320 g/mol. The smallest absolute Gasteiger partial charge is 0.305 e. The van der Waals surface area contributed by atoms with E-state index in [1.165, 1.54) is 0 Å². The number of nitrogens with zero attached hydrogens (tertiary/aromatic N) is 1. The molecule has 0 fully saturated rings. The molecule has 2 N–H and O–H groups in total. The lowest BCUT2D eigenvalue weighted by Gasteiger charge is -2.21. The van der Waals surface area contributed by atoms with Gasteiger partial charge in [0.05, 0.1) is 18.0 Å². The van der Waals surface area contributed by atoms with Crippen LogP contribution in [0.5, 0.6) is 5.75 Å². The van der Waals surface area contributed by atoms with Crippen molar-refractivity contribution >= 4 is 11.9 Å². The van der Waals surface area contributed by atoms with Crippen LogP contribution in [0.1, 0.15) is 30.5 Å². The van der Waals surface area contributed by atoms with E-state index in [-0.39, 0.29) is 6.42 Å². The molecule has 128 valence electrons. The molecule has 0 saturated carbocycles. The van der Waals surface area contributed by atoms with Crippen molar-refractivity contribution in [1.82, 2.24) is 5.32 Å². The Balaban J connectivity index is 2.09. The van der Waals surface area contributed by atoms with Crippen LogP contribution >= 0.6 is 0 Å². The first-order chi connectivity index (χ1) is 12.0. The summed E-state index contributed by atoms with van der Waals surface area (Å²) in [4.78, 5) is 23.5. The highest BCUT2D eigenvalue weighted by Gasteiger charge is 2.22. The zero-order valence-corrected chi connectivity index (χ0v) is 13.7. The van der Waals surface area contributed by atoms with Gasteiger partial charge in [0.2, 0.25) is 0 Å². The Morgan fingerprint density at radius 3 is 2.44 bits per heavy atom. The molecule has 25 heavy (non-hydrogen) atoms. The Bertz CT molecular complexity index is 784. The number of benzene rings is 2. The minimum absolute atomic E-state index is 0.239. The van der Waals surface area contributed by atoms with Gasteiger partial charge < -0.3 is 15.2 Å². The van der Waals surface area contributed by atoms with Crippen molar-refractivity contribution in [3.8, 4) is 11.8 Å². The van der Waals surface area contributed by atoms with Crippen LogP contribution in [0.4, 0.5) is 0 Å². The van der Waals surface area contributed by atoms with Crippen LogP contribution in [-0.2, 0) is 9.59 Å². The van der Waals surface area contributed by atoms with Gasteiger partial charge >= 0.3 is 5.97 Å². The summed E-state index contributed by atoms with van der Waals surface area (Å²) in [7, 11) is 0. The van der Waals surface area contributed by atoms with Crippen LogP contribution in [0.15, 0.2) is 54.6 Å². The quantitative estimate of drug-likeness (QED) is 0.808. The number of amides is 1. The molecule has 2 aromatic carbocycles. The van der Waals surface area contributed by atoms with Gasteiger partial charge in [-0.25, -0.2) is 0 Å². The Morgan fingerprint density at radius 2 is 1.80 bits per heavy atom. The number of rotatable bonds is 7. The Labute approximate surface area is 145 Å². The summed E-state index contributed by atoms with van der Waals surface area (Å²) in [5.74, 6) is -1.16. The second kappa shape index (κ2) is 8.50. The van der Waals surface area contributed by atoms with Gasteiger partial charge in [0.1, 0.15) is 11.8 Å². The molecule has 0 heterocycles. The van der Waals surface area contributed by atoms with E-state index in [2.05, 4.69) is 5.32 Å². The van der Waals surface area contributed by atoms with Crippen LogP contribution in [-0.4, -0.2) is 23.1 Å². The van der Waals surface area contributed by atoms with Gasteiger partial charge in [-0.1, -0.05) is 42.5 Å². The van der Waals surface area contributed by atoms with Crippen molar-refractivity contribution in [3.63, 3.8) is 0 Å². The van der Waals surface area contributed by atoms with Crippen LogP contribution in [0.2, 0.25) is 0 Å². The maximum atomic E-state index is 12.4. The van der Waals surface area contributed by atoms with Crippen LogP contribution in [0.25, 0.3) is 0 Å². The largest absolute Gasteiger partial charge is 0.481 e. The number of para-hydroxylation sites is 1. The van der Waals surface area contributed by atoms with Gasteiger partial charge in [-0.05, 0) is 24.6 Å². The third kappa shape index (κ3) is 5.08. The van der Waals surface area contributed by atoms with Crippen molar-refractivity contribution in [3.05, 3.63) is 65.7 Å². The van der Waals surface area contributed by atoms with Gasteiger partial charge in [0.15, 0.2) is 6.10 Å². The molecule has 0 radical (unpaired) electrons. The molecule has 0 spiro atoms. The Hall–Kier alpha value is -3.33. The zero-order chi connectivity index (χ0) is 18.2. The van der Waals surface area contributed by atoms with Crippen LogP contribution in [0, 0.1) is 11.3 Å². The normalized spacial score (nSPS) is 12.5. The first-order valence-corrected chi connectivity index (χ1v) is 7.74. The zero-order valence-electron chi connectivity index (χ0n) is 13.7. The summed E-state index contributed by atoms with van der Waals surface area (Å²) in [6.07, 6.45) is -1.12. The predicted octanol–water partition coefficient (Wildman–Crippen LogP) is 2.66. The molecule has 0 aliphatic carbocycles. The summed E-state index contributed by atoms with van der Waals surface area (Å²) < 4.78 is 5.56. The summed E-state index contributed by atoms with van der Waals surface area (Å²) in [6.45, 7) is 1.55. The summed E-state index contributed by atoms with van der Waals surface area (Å²) >= 11 is 0. The van der Waals surface area contributed by atoms with Crippen molar-refractivity contribution in [2.24, 2.45) is 0 Å². The molecule has 6 nitrogen and oxygen atoms in total. The van der Waals surface area contributed by atoms with E-state index < -0.39 is 24.0 Å². The van der Waals surface area contributed by atoms with Crippen LogP contribution < -0.4 is 10.1 Å². The molecule has 0 aliphatic heterocycles. The number of carboxylic acid groups (broad SMARTS) is 1. The maximum absolute atomic E-state index is 12.4. The predicted molar refractivity (Wildman–Crippen MR) is 90.8 cm³/mol. The lowest BCUT2D eigenvalue weighted by molar-refractivity contribution is -0.138. The molecular formula is C19H18N2O4. The fourth-order valence-electron chi connectivity index (χ4n) is 2.31. The number of hydrogen-bond donors (Lipinski definition) is 2. The van der Waals surface area contributed by atoms with Crippen molar-refractivity contribution in [2.45, 2.75) is 25.5 Å². The summed E-state index contributed by atoms with van der Waals surface area (Å²) in [5.41, 5.74) is 1.02. The molecule has 2 atom stereocenters. The summed E-state index contributed by atoms with van der Waals surface area (Å²) in [5, 5.41) is 20.8. The standard InChI is InChI=1S/C19H18N2O4/c1-13(25-17-10-6-5-9-15(17)12-20)19(24)21-16(11-18(22)23)14-7-3-2-4-8-14/h2-10,13,16H,11H2,1H3,(H,21,24)(H,22,23)/t13-,16-/m1/s1. The second-order valence-electron chi connectivity index (χ2n) is 5.44. The SMILES string of the molecule is C[C@@H](Oc1ccccc1C#N)C(=O)N[C@H](CC(=O)O)c1ccccc1. The van der Waals surface area contributed by atoms with E-state index in [1.807, 2.05) is 12.1 Å². The minimum Gasteiger partial charge on any atom is -0.481 e. The molecule has 2 aromatic rings. The number of aliphatic carboxylic acids is 1. The molecule has 0 unspecified atom stereocenters. The molecule has 2 rings (SSSR count). The van der Waals surface area contributed by atoms with Gasteiger partial charge in [-0.15, -0.1) is 0 Å². The fraction of sp³-hybridized carbons (Fsp3) is 0.211. The number of ether oxygens (including phenoxy) is 1. The highest BCUT2D eigenvalue weighted by Crippen LogP contribution is 2.20. The average Bonchev–Trinajstić information content (AvgIpc) is 2.62. The van der Waals surface area contributed by atoms with E-state index in [0.717, 1.165) is 0 Å². The van der Waals surface area contributed by atoms with E-state index in [0.29, 0.717) is 16.9 Å². The lowest BCUT2D eigenvalue weighted by Crippen LogP contribution is -2.39. The maximum Gasteiger partial charge on any atom is 0.305 e. The third-order valence-electron chi connectivity index (χ3n) is 3.58. The number of carbonyl (C=O) groups is 2. The molecule has 0 bridgehead atoms. The molecule has 6 heteroatoms. The lowest BCUT2D eigenvalue weighted by atomic mass is 10.0. The van der Waals surface area contributed by atoms with Crippen molar-refractivity contribution in [1.29, 1.82) is 5.26 Å². The van der Waals surface area contributed by atoms with Crippen molar-refractivity contribution < 1.29 is 19.4 Å². The van der Waals surface area contributed by atoms with Gasteiger partial charge in [-0.2, -0.15) is 5.26 Å². The van der Waals surface area contributed by atoms with Gasteiger partial charge in [0.25, 0.3) is 5.91 Å². The first kappa shape index (κ1) is 18.0. The third-order valence-corrected chi connectivity index (χ3v) is 3.58. The van der Waals surface area contributed by atoms with Crippen LogP contribution in [0.3, 0.4) is 0 Å². The van der Waals surface area contributed by atoms with Gasteiger partial charge in [0, 0.05) is 0 Å². The van der Waals surface area contributed by atoms with Crippen molar-refractivity contribution in [2.75, 3.05) is 0 Å². The molecule has 0 saturated heterocycles. The number of carbonyl (C=O) groups excluding carboxylic acids is 1. The Kier molecular flexibility index (Phi) is 6.13. The topological polar surface area (TPSA) is 99.4 Å². The number of nitrogens with one attached hydrogen (secondary N) is 1. The fourth-order valence-corrected chi connectivity index (χ4v) is 2.31. The van der Waals surface area contributed by atoms with E-state index in [1.54, 1.807) is 55.5 Å². The second-order valence-corrected chi connectivity index (χ2v) is 5.44. The first-order valence-electron chi connectivity index (χ1n) is 7.74. The average molecular weight is 338 g/mol. The number of hydrogen-bond acceptors (Lipinski definition) is 4. The number of nitriles is 1.